The molecule has 1 fully saturated rings. The molecule has 4 heterocycles. The van der Waals surface area contributed by atoms with Gasteiger partial charge in [0.15, 0.2) is 5.82 Å². The second-order valence-corrected chi connectivity index (χ2v) is 15.2. The average molecular weight is 625 g/mol. The number of nitrogens with zero attached hydrogens (tertiary/aromatic N) is 5. The Morgan fingerprint density at radius 1 is 1.24 bits per heavy atom. The zero-order chi connectivity index (χ0) is 31.7. The molecule has 0 aliphatic carbocycles. The zero-order valence-electron chi connectivity index (χ0n) is 26.4. The van der Waals surface area contributed by atoms with Gasteiger partial charge in [-0.05, 0) is 61.4 Å². The van der Waals surface area contributed by atoms with Crippen molar-refractivity contribution in [3.05, 3.63) is 78.4 Å². The lowest BCUT2D eigenvalue weighted by molar-refractivity contribution is -0.125. The number of carbonyl (C=O) groups excluding carboxylic acids is 1. The van der Waals surface area contributed by atoms with Crippen molar-refractivity contribution in [2.24, 2.45) is 5.92 Å². The quantitative estimate of drug-likeness (QED) is 0.151. The summed E-state index contributed by atoms with van der Waals surface area (Å²) in [4.78, 5) is 24.8. The molecule has 2 aromatic heterocycles. The Balaban J connectivity index is 1.36. The molecule has 0 saturated carbocycles. The van der Waals surface area contributed by atoms with E-state index >= 15 is 4.39 Å². The predicted molar refractivity (Wildman–Crippen MR) is 180 cm³/mol. The molecule has 0 spiro atoms. The summed E-state index contributed by atoms with van der Waals surface area (Å²) in [6.45, 7) is 14.3. The van der Waals surface area contributed by atoms with E-state index in [0.29, 0.717) is 33.8 Å². The van der Waals surface area contributed by atoms with Crippen LogP contribution in [-0.4, -0.2) is 54.3 Å². The Morgan fingerprint density at radius 2 is 2.07 bits per heavy atom. The minimum atomic E-state index is -0.415. The summed E-state index contributed by atoms with van der Waals surface area (Å²) in [5.74, 6) is 0.494. The number of halogens is 1. The maximum absolute atomic E-state index is 15.3. The van der Waals surface area contributed by atoms with Gasteiger partial charge in [0.05, 0.1) is 51.3 Å². The van der Waals surface area contributed by atoms with E-state index in [-0.39, 0.29) is 40.2 Å². The van der Waals surface area contributed by atoms with E-state index in [4.69, 9.17) is 4.98 Å². The summed E-state index contributed by atoms with van der Waals surface area (Å²) < 4.78 is 17.0. The smallest absolute Gasteiger partial charge is 0.229 e. The van der Waals surface area contributed by atoms with Crippen molar-refractivity contribution >= 4 is 49.5 Å². The van der Waals surface area contributed by atoms with Crippen molar-refractivity contribution in [3.8, 4) is 0 Å². The SMILES string of the molecule is C=CCn1ncc2cc(F)c(Nc3ncc(N4CCC[C@H](C(=O)NC(C)C)C4)c(N[C@H]4[Si]C(C)(C)Cc5ccccc54)n3)cc21. The second-order valence-electron chi connectivity index (χ2n) is 13.0. The van der Waals surface area contributed by atoms with Gasteiger partial charge in [0.2, 0.25) is 11.9 Å². The molecule has 0 bridgehead atoms. The van der Waals surface area contributed by atoms with Crippen molar-refractivity contribution in [1.82, 2.24) is 25.1 Å². The topological polar surface area (TPSA) is 100 Å². The molecule has 11 heteroatoms. The van der Waals surface area contributed by atoms with Crippen molar-refractivity contribution in [2.45, 2.75) is 70.2 Å². The van der Waals surface area contributed by atoms with Gasteiger partial charge in [-0.3, -0.25) is 9.48 Å². The van der Waals surface area contributed by atoms with Crippen LogP contribution < -0.4 is 20.9 Å². The Morgan fingerprint density at radius 3 is 2.87 bits per heavy atom. The first-order valence-electron chi connectivity index (χ1n) is 15.7. The van der Waals surface area contributed by atoms with Crippen LogP contribution in [0.4, 0.5) is 27.5 Å². The average Bonchev–Trinajstić information content (AvgIpc) is 3.38. The van der Waals surface area contributed by atoms with E-state index in [1.165, 1.54) is 17.2 Å². The largest absolute Gasteiger partial charge is 0.367 e. The Kier molecular flexibility index (Phi) is 8.63. The van der Waals surface area contributed by atoms with Crippen molar-refractivity contribution in [1.29, 1.82) is 0 Å². The molecule has 1 amide bonds. The Bertz CT molecular complexity index is 1720. The number of carbonyl (C=O) groups is 1. The summed E-state index contributed by atoms with van der Waals surface area (Å²) >= 11 is 0. The molecular weight excluding hydrogens is 584 g/mol. The molecular formula is C34H41FN8OSi. The van der Waals surface area contributed by atoms with Crippen LogP contribution in [0, 0.1) is 11.7 Å². The molecule has 1 saturated heterocycles. The minimum Gasteiger partial charge on any atom is -0.367 e. The highest BCUT2D eigenvalue weighted by Gasteiger charge is 2.34. The van der Waals surface area contributed by atoms with E-state index in [2.05, 4.69) is 75.6 Å². The van der Waals surface area contributed by atoms with Gasteiger partial charge in [0.1, 0.15) is 5.82 Å². The fraction of sp³-hybridized carbons (Fsp3) is 0.412. The van der Waals surface area contributed by atoms with Crippen LogP contribution in [0.1, 0.15) is 57.3 Å². The molecule has 2 radical (unpaired) electrons. The van der Waals surface area contributed by atoms with E-state index in [1.807, 2.05) is 13.8 Å². The summed E-state index contributed by atoms with van der Waals surface area (Å²) in [5, 5.41) is 15.2. The van der Waals surface area contributed by atoms with E-state index < -0.39 is 5.82 Å². The van der Waals surface area contributed by atoms with Crippen LogP contribution in [0.2, 0.25) is 5.04 Å². The van der Waals surface area contributed by atoms with Gasteiger partial charge in [0, 0.05) is 30.2 Å². The third kappa shape index (κ3) is 6.73. The van der Waals surface area contributed by atoms with Crippen LogP contribution in [0.5, 0.6) is 0 Å². The van der Waals surface area contributed by atoms with Crippen LogP contribution in [-0.2, 0) is 17.8 Å². The van der Waals surface area contributed by atoms with Gasteiger partial charge >= 0.3 is 0 Å². The number of rotatable bonds is 9. The lowest BCUT2D eigenvalue weighted by atomic mass is 9.95. The number of nitrogens with one attached hydrogen (secondary N) is 3. The van der Waals surface area contributed by atoms with Crippen LogP contribution >= 0.6 is 0 Å². The molecule has 2 aromatic carbocycles. The fourth-order valence-electron chi connectivity index (χ4n) is 6.39. The first-order chi connectivity index (χ1) is 21.6. The lowest BCUT2D eigenvalue weighted by Crippen LogP contribution is -2.45. The maximum Gasteiger partial charge on any atom is 0.229 e. The number of allylic oxidation sites excluding steroid dienone is 1. The van der Waals surface area contributed by atoms with Gasteiger partial charge in [-0.25, -0.2) is 9.37 Å². The Hall–Kier alpha value is -4.25. The molecule has 9 nitrogen and oxygen atoms in total. The maximum atomic E-state index is 15.3. The molecule has 6 rings (SSSR count). The highest BCUT2D eigenvalue weighted by atomic mass is 28.2. The first kappa shape index (κ1) is 30.8. The standard InChI is InChI=1S/C34H41FN8OSi/c1-6-13-43-28-16-27(26(35)15-24(28)18-37-43)39-33-36-19-29(42-14-9-11-23(20-42)31(44)38-21(2)3)30(41-33)40-32-25-12-8-7-10-22(25)17-34(4,5)45-32/h6-8,10,12,15-16,18-19,21,23,32H,1,9,11,13-14,17,20H2,2-5H3,(H,38,44)(H2,36,39,40,41)/t23-,32-/m0/s1. The Labute approximate surface area is 266 Å². The third-order valence-corrected chi connectivity index (χ3v) is 10.1. The molecule has 45 heavy (non-hydrogen) atoms. The molecule has 2 aliphatic heterocycles. The number of piperidine rings is 1. The second kappa shape index (κ2) is 12.6. The van der Waals surface area contributed by atoms with Crippen LogP contribution in [0.15, 0.2) is 61.4 Å². The van der Waals surface area contributed by atoms with E-state index in [0.717, 1.165) is 37.0 Å². The first-order valence-corrected chi connectivity index (χ1v) is 16.8. The van der Waals surface area contributed by atoms with Crippen molar-refractivity contribution in [3.63, 3.8) is 0 Å². The number of aromatic nitrogens is 4. The molecule has 4 aromatic rings. The number of fused-ring (bicyclic) bond motifs is 2. The van der Waals surface area contributed by atoms with Gasteiger partial charge in [-0.1, -0.05) is 44.2 Å². The van der Waals surface area contributed by atoms with E-state index in [9.17, 15) is 4.79 Å². The number of amides is 1. The lowest BCUT2D eigenvalue weighted by Gasteiger charge is -2.38. The van der Waals surface area contributed by atoms with Gasteiger partial charge in [-0.2, -0.15) is 10.1 Å². The summed E-state index contributed by atoms with van der Waals surface area (Å²) in [6, 6.07) is 11.9. The number of benzene rings is 2. The normalized spacial score (nSPS) is 19.3. The zero-order valence-corrected chi connectivity index (χ0v) is 27.4. The predicted octanol–water partition coefficient (Wildman–Crippen LogP) is 6.21. The number of hydrogen-bond donors (Lipinski definition) is 3. The molecule has 2 aliphatic rings. The van der Waals surface area contributed by atoms with Gasteiger partial charge in [-0.15, -0.1) is 6.58 Å². The van der Waals surface area contributed by atoms with E-state index in [1.54, 1.807) is 29.2 Å². The monoisotopic (exact) mass is 624 g/mol. The highest BCUT2D eigenvalue weighted by Crippen LogP contribution is 2.42. The molecule has 3 N–H and O–H groups in total. The van der Waals surface area contributed by atoms with Crippen molar-refractivity contribution < 1.29 is 9.18 Å². The number of anilines is 4. The van der Waals surface area contributed by atoms with Crippen LogP contribution in [0.3, 0.4) is 0 Å². The van der Waals surface area contributed by atoms with Gasteiger partial charge in [0.25, 0.3) is 0 Å². The number of hydrogen-bond acceptors (Lipinski definition) is 7. The summed E-state index contributed by atoms with van der Waals surface area (Å²) in [6.07, 6.45) is 7.95. The molecule has 234 valence electrons. The summed E-state index contributed by atoms with van der Waals surface area (Å²) in [7, 11) is 0.612. The summed E-state index contributed by atoms with van der Waals surface area (Å²) in [5.41, 5.74) is 4.55. The minimum absolute atomic E-state index is 0.0533. The van der Waals surface area contributed by atoms with Gasteiger partial charge < -0.3 is 20.9 Å². The molecule has 2 atom stereocenters. The van der Waals surface area contributed by atoms with Crippen LogP contribution in [0.25, 0.3) is 10.9 Å². The fourth-order valence-corrected chi connectivity index (χ4v) is 8.11. The molecule has 0 unspecified atom stereocenters. The highest BCUT2D eigenvalue weighted by molar-refractivity contribution is 6.43. The third-order valence-electron chi connectivity index (χ3n) is 8.43. The van der Waals surface area contributed by atoms with Crippen molar-refractivity contribution in [2.75, 3.05) is 28.6 Å².